The van der Waals surface area contributed by atoms with Crippen LogP contribution in [0, 0.1) is 0 Å². The lowest BCUT2D eigenvalue weighted by Gasteiger charge is -2.13. The molecule has 5 nitrogen and oxygen atoms in total. The maximum absolute atomic E-state index is 5.42. The molecule has 144 valence electrons. The van der Waals surface area contributed by atoms with Crippen LogP contribution in [-0.4, -0.2) is 51.8 Å². The van der Waals surface area contributed by atoms with Gasteiger partial charge in [0.05, 0.1) is 14.2 Å². The summed E-state index contributed by atoms with van der Waals surface area (Å²) in [6.45, 7) is 4.59. The van der Waals surface area contributed by atoms with Crippen LogP contribution >= 0.6 is 35.7 Å². The van der Waals surface area contributed by atoms with Crippen LogP contribution in [0.4, 0.5) is 0 Å². The van der Waals surface area contributed by atoms with E-state index in [-0.39, 0.29) is 24.0 Å². The van der Waals surface area contributed by atoms with Gasteiger partial charge in [0, 0.05) is 19.6 Å². The van der Waals surface area contributed by atoms with Gasteiger partial charge in [0.25, 0.3) is 0 Å². The molecule has 0 saturated carbocycles. The van der Waals surface area contributed by atoms with E-state index in [1.165, 1.54) is 12.2 Å². The Bertz CT molecular complexity index is 501. The second-order valence-corrected chi connectivity index (χ2v) is 6.30. The van der Waals surface area contributed by atoms with Crippen molar-refractivity contribution in [2.45, 2.75) is 26.2 Å². The molecule has 0 aromatic heterocycles. The summed E-state index contributed by atoms with van der Waals surface area (Å²) in [7, 11) is 3.37. The first-order chi connectivity index (χ1) is 11.7. The third-order valence-electron chi connectivity index (χ3n) is 3.55. The van der Waals surface area contributed by atoms with E-state index < -0.39 is 0 Å². The van der Waals surface area contributed by atoms with Gasteiger partial charge in [0.2, 0.25) is 0 Å². The molecular weight excluding hydrogens is 449 g/mol. The Morgan fingerprint density at radius 2 is 1.96 bits per heavy atom. The van der Waals surface area contributed by atoms with Crippen molar-refractivity contribution >= 4 is 41.7 Å². The molecule has 0 aliphatic carbocycles. The predicted molar refractivity (Wildman–Crippen MR) is 120 cm³/mol. The number of unbranched alkanes of at least 4 members (excludes halogenated alkanes) is 1. The van der Waals surface area contributed by atoms with Gasteiger partial charge in [-0.25, -0.2) is 0 Å². The smallest absolute Gasteiger partial charge is 0.191 e. The normalized spacial score (nSPS) is 10.8. The van der Waals surface area contributed by atoms with Gasteiger partial charge in [-0.2, -0.15) is 11.8 Å². The maximum Gasteiger partial charge on any atom is 0.191 e. The lowest BCUT2D eigenvalue weighted by atomic mass is 10.1. The van der Waals surface area contributed by atoms with Gasteiger partial charge in [-0.05, 0) is 62.0 Å². The van der Waals surface area contributed by atoms with Gasteiger partial charge in [0.15, 0.2) is 5.96 Å². The van der Waals surface area contributed by atoms with Gasteiger partial charge in [-0.15, -0.1) is 24.0 Å². The molecule has 0 aliphatic rings. The van der Waals surface area contributed by atoms with Gasteiger partial charge in [-0.3, -0.25) is 4.99 Å². The van der Waals surface area contributed by atoms with Crippen molar-refractivity contribution in [1.82, 2.24) is 10.6 Å². The number of hydrogen-bond acceptors (Lipinski definition) is 4. The number of nitrogens with one attached hydrogen (secondary N) is 2. The standard InChI is InChI=1S/C18H31N3O2S.HI/c1-5-19-18(20-11-6-7-13-24-4)21-12-10-15-14-16(22-2)8-9-17(15)23-3;/h8-9,14H,5-7,10-13H2,1-4H3,(H2,19,20,21);1H. The minimum atomic E-state index is 0. The Labute approximate surface area is 173 Å². The number of hydrogen-bond donors (Lipinski definition) is 2. The third-order valence-corrected chi connectivity index (χ3v) is 4.24. The van der Waals surface area contributed by atoms with Crippen molar-refractivity contribution in [1.29, 1.82) is 0 Å². The molecule has 0 fully saturated rings. The van der Waals surface area contributed by atoms with Gasteiger partial charge < -0.3 is 20.1 Å². The molecule has 2 N–H and O–H groups in total. The highest BCUT2D eigenvalue weighted by Gasteiger charge is 2.05. The minimum absolute atomic E-state index is 0. The van der Waals surface area contributed by atoms with E-state index in [0.717, 1.165) is 55.5 Å². The molecule has 7 heteroatoms. The number of thioether (sulfide) groups is 1. The summed E-state index contributed by atoms with van der Waals surface area (Å²) in [5, 5.41) is 6.67. The first-order valence-corrected chi connectivity index (χ1v) is 9.86. The largest absolute Gasteiger partial charge is 0.497 e. The van der Waals surface area contributed by atoms with E-state index in [4.69, 9.17) is 9.47 Å². The highest BCUT2D eigenvalue weighted by molar-refractivity contribution is 14.0. The molecule has 0 bridgehead atoms. The van der Waals surface area contributed by atoms with E-state index in [1.54, 1.807) is 14.2 Å². The molecule has 0 atom stereocenters. The van der Waals surface area contributed by atoms with Gasteiger partial charge >= 0.3 is 0 Å². The minimum Gasteiger partial charge on any atom is -0.497 e. The number of halogens is 1. The monoisotopic (exact) mass is 481 g/mol. The summed E-state index contributed by atoms with van der Waals surface area (Å²) in [6, 6.07) is 5.88. The van der Waals surface area contributed by atoms with Crippen LogP contribution in [0.25, 0.3) is 0 Å². The summed E-state index contributed by atoms with van der Waals surface area (Å²) in [6.07, 6.45) is 5.32. The van der Waals surface area contributed by atoms with Crippen molar-refractivity contribution in [3.63, 3.8) is 0 Å². The fourth-order valence-electron chi connectivity index (χ4n) is 2.28. The zero-order valence-corrected chi connectivity index (χ0v) is 18.9. The van der Waals surface area contributed by atoms with Crippen molar-refractivity contribution < 1.29 is 9.47 Å². The highest BCUT2D eigenvalue weighted by Crippen LogP contribution is 2.24. The van der Waals surface area contributed by atoms with Gasteiger partial charge in [-0.1, -0.05) is 0 Å². The Kier molecular flexibility index (Phi) is 14.9. The number of aliphatic imine (C=N–C) groups is 1. The van der Waals surface area contributed by atoms with Crippen LogP contribution in [-0.2, 0) is 6.42 Å². The van der Waals surface area contributed by atoms with Crippen molar-refractivity contribution in [3.8, 4) is 11.5 Å². The van der Waals surface area contributed by atoms with Crippen LogP contribution in [0.1, 0.15) is 25.3 Å². The van der Waals surface area contributed by atoms with E-state index in [9.17, 15) is 0 Å². The average molecular weight is 481 g/mol. The van der Waals surface area contributed by atoms with Crippen LogP contribution < -0.4 is 20.1 Å². The van der Waals surface area contributed by atoms with Crippen LogP contribution in [0.5, 0.6) is 11.5 Å². The summed E-state index contributed by atoms with van der Waals surface area (Å²) < 4.78 is 10.7. The Hall–Kier alpha value is -0.830. The molecule has 0 saturated heterocycles. The first kappa shape index (κ1) is 24.2. The molecule has 1 aromatic carbocycles. The fourth-order valence-corrected chi connectivity index (χ4v) is 2.78. The van der Waals surface area contributed by atoms with Crippen LogP contribution in [0.15, 0.2) is 23.2 Å². The van der Waals surface area contributed by atoms with Crippen molar-refractivity contribution in [2.75, 3.05) is 45.9 Å². The molecule has 0 heterocycles. The quantitative estimate of drug-likeness (QED) is 0.219. The molecule has 1 rings (SSSR count). The summed E-state index contributed by atoms with van der Waals surface area (Å²) in [4.78, 5) is 4.62. The average Bonchev–Trinajstić information content (AvgIpc) is 2.61. The van der Waals surface area contributed by atoms with Gasteiger partial charge in [0.1, 0.15) is 11.5 Å². The first-order valence-electron chi connectivity index (χ1n) is 8.47. The van der Waals surface area contributed by atoms with Crippen LogP contribution in [0.3, 0.4) is 0 Å². The number of guanidine groups is 1. The van der Waals surface area contributed by atoms with E-state index >= 15 is 0 Å². The predicted octanol–water partition coefficient (Wildman–Crippen LogP) is 3.56. The molecule has 0 unspecified atom stereocenters. The molecule has 0 spiro atoms. The van der Waals surface area contributed by atoms with Crippen molar-refractivity contribution in [2.24, 2.45) is 4.99 Å². The number of nitrogens with zero attached hydrogens (tertiary/aromatic N) is 1. The molecule has 25 heavy (non-hydrogen) atoms. The summed E-state index contributed by atoms with van der Waals surface area (Å²) >= 11 is 1.89. The Morgan fingerprint density at radius 1 is 1.16 bits per heavy atom. The lowest BCUT2D eigenvalue weighted by Crippen LogP contribution is -2.38. The second kappa shape index (κ2) is 15.4. The molecule has 1 aromatic rings. The molecule has 0 amide bonds. The number of methoxy groups -OCH3 is 2. The van der Waals surface area contributed by atoms with E-state index in [1.807, 2.05) is 30.0 Å². The molecule has 0 aliphatic heterocycles. The lowest BCUT2D eigenvalue weighted by molar-refractivity contribution is 0.398. The second-order valence-electron chi connectivity index (χ2n) is 5.32. The molecule has 0 radical (unpaired) electrons. The molecular formula is C18H32IN3O2S. The van der Waals surface area contributed by atoms with E-state index in [0.29, 0.717) is 0 Å². The summed E-state index contributed by atoms with van der Waals surface area (Å²) in [5.41, 5.74) is 1.13. The summed E-state index contributed by atoms with van der Waals surface area (Å²) in [5.74, 6) is 3.81. The Balaban J connectivity index is 0.00000576. The number of ether oxygens (including phenoxy) is 2. The topological polar surface area (TPSA) is 54.9 Å². The Morgan fingerprint density at radius 3 is 2.60 bits per heavy atom. The van der Waals surface area contributed by atoms with E-state index in [2.05, 4.69) is 28.8 Å². The fraction of sp³-hybridized carbons (Fsp3) is 0.611. The van der Waals surface area contributed by atoms with Crippen LogP contribution in [0.2, 0.25) is 0 Å². The SMILES string of the molecule is CCNC(=NCCCCSC)NCCc1cc(OC)ccc1OC.I. The number of rotatable bonds is 11. The third kappa shape index (κ3) is 10.0. The zero-order valence-electron chi connectivity index (χ0n) is 15.8. The van der Waals surface area contributed by atoms with Crippen molar-refractivity contribution in [3.05, 3.63) is 23.8 Å². The maximum atomic E-state index is 5.42. The zero-order chi connectivity index (χ0) is 17.6. The number of benzene rings is 1. The highest BCUT2D eigenvalue weighted by atomic mass is 127.